The number of hydrogen-bond acceptors (Lipinski definition) is 4. The number of carbonyl (C=O) groups is 2. The van der Waals surface area contributed by atoms with Crippen LogP contribution >= 0.6 is 12.2 Å². The highest BCUT2D eigenvalue weighted by Crippen LogP contribution is 2.10. The molecule has 0 saturated heterocycles. The molecule has 0 unspecified atom stereocenters. The van der Waals surface area contributed by atoms with E-state index in [4.69, 9.17) is 16.6 Å². The van der Waals surface area contributed by atoms with Crippen LogP contribution in [0.1, 0.15) is 18.2 Å². The molecule has 0 radical (unpaired) electrons. The number of nitrogens with one attached hydrogen (secondary N) is 4. The highest BCUT2D eigenvalue weighted by atomic mass is 32.1. The lowest BCUT2D eigenvalue weighted by Gasteiger charge is -2.12. The zero-order chi connectivity index (χ0) is 17.4. The van der Waals surface area contributed by atoms with Gasteiger partial charge in [-0.15, -0.1) is 0 Å². The van der Waals surface area contributed by atoms with Crippen LogP contribution < -0.4 is 21.5 Å². The molecule has 1 heterocycles. The summed E-state index contributed by atoms with van der Waals surface area (Å²) in [5.74, 6) is -1.10. The van der Waals surface area contributed by atoms with E-state index in [0.29, 0.717) is 5.76 Å². The number of rotatable bonds is 4. The normalized spacial score (nSPS) is 9.88. The fourth-order valence-electron chi connectivity index (χ4n) is 1.86. The van der Waals surface area contributed by atoms with E-state index in [9.17, 15) is 9.59 Å². The summed E-state index contributed by atoms with van der Waals surface area (Å²) in [6, 6.07) is 11.1. The molecule has 0 aliphatic carbocycles. The van der Waals surface area contributed by atoms with Crippen LogP contribution in [0, 0.1) is 0 Å². The van der Waals surface area contributed by atoms with Gasteiger partial charge < -0.3 is 15.1 Å². The van der Waals surface area contributed by atoms with Crippen molar-refractivity contribution in [1.82, 2.24) is 16.2 Å². The Balaban J connectivity index is 1.73. The van der Waals surface area contributed by atoms with Gasteiger partial charge in [0.1, 0.15) is 5.76 Å². The van der Waals surface area contributed by atoms with Crippen molar-refractivity contribution in [1.29, 1.82) is 0 Å². The molecule has 2 aromatic rings. The van der Waals surface area contributed by atoms with Crippen LogP contribution in [-0.2, 0) is 22.6 Å². The minimum atomic E-state index is -0.854. The van der Waals surface area contributed by atoms with Crippen LogP contribution in [0.5, 0.6) is 0 Å². The first-order chi connectivity index (χ1) is 11.6. The molecule has 0 spiro atoms. The second-order valence-electron chi connectivity index (χ2n) is 4.85. The van der Waals surface area contributed by atoms with Crippen LogP contribution in [0.4, 0.5) is 5.69 Å². The highest BCUT2D eigenvalue weighted by molar-refractivity contribution is 7.80. The van der Waals surface area contributed by atoms with E-state index in [1.165, 1.54) is 6.26 Å². The van der Waals surface area contributed by atoms with E-state index in [-0.39, 0.29) is 11.7 Å². The van der Waals surface area contributed by atoms with Gasteiger partial charge in [-0.25, -0.2) is 0 Å². The molecule has 2 rings (SSSR count). The number of thiocarbonyl (C=S) groups is 1. The molecular formula is C16H18N4O3S. The van der Waals surface area contributed by atoms with Crippen molar-refractivity contribution >= 4 is 34.8 Å². The number of hydrazine groups is 1. The molecule has 126 valence electrons. The molecule has 0 saturated carbocycles. The Labute approximate surface area is 144 Å². The molecule has 24 heavy (non-hydrogen) atoms. The maximum atomic E-state index is 11.7. The molecular weight excluding hydrogens is 328 g/mol. The summed E-state index contributed by atoms with van der Waals surface area (Å²) in [5.41, 5.74) is 6.66. The third-order valence-corrected chi connectivity index (χ3v) is 3.30. The van der Waals surface area contributed by atoms with Gasteiger partial charge in [0.05, 0.1) is 12.8 Å². The lowest BCUT2D eigenvalue weighted by atomic mass is 10.1. The summed E-state index contributed by atoms with van der Waals surface area (Å²) in [7, 11) is 0. The lowest BCUT2D eigenvalue weighted by Crippen LogP contribution is -2.49. The van der Waals surface area contributed by atoms with Crippen molar-refractivity contribution in [2.24, 2.45) is 0 Å². The molecule has 4 N–H and O–H groups in total. The van der Waals surface area contributed by atoms with Gasteiger partial charge in [-0.05, 0) is 48.5 Å². The van der Waals surface area contributed by atoms with Crippen molar-refractivity contribution in [3.05, 3.63) is 54.0 Å². The summed E-state index contributed by atoms with van der Waals surface area (Å²) < 4.78 is 5.05. The molecule has 0 fully saturated rings. The fraction of sp³-hybridized carbons (Fsp3) is 0.188. The molecule has 7 nitrogen and oxygen atoms in total. The minimum absolute atomic E-state index is 0.131. The topological polar surface area (TPSA) is 95.4 Å². The average molecular weight is 346 g/mol. The van der Waals surface area contributed by atoms with Crippen molar-refractivity contribution < 1.29 is 14.0 Å². The molecule has 0 aliphatic heterocycles. The van der Waals surface area contributed by atoms with Crippen molar-refractivity contribution in [2.45, 2.75) is 19.9 Å². The Morgan fingerprint density at radius 1 is 1.12 bits per heavy atom. The number of hydrogen-bond donors (Lipinski definition) is 4. The smallest absolute Gasteiger partial charge is 0.327 e. The fourth-order valence-corrected chi connectivity index (χ4v) is 2.03. The second-order valence-corrected chi connectivity index (χ2v) is 5.26. The number of amides is 2. The van der Waals surface area contributed by atoms with Gasteiger partial charge in [-0.1, -0.05) is 19.1 Å². The van der Waals surface area contributed by atoms with Crippen LogP contribution in [0.25, 0.3) is 0 Å². The summed E-state index contributed by atoms with van der Waals surface area (Å²) in [4.78, 5) is 23.3. The largest absolute Gasteiger partial charge is 0.467 e. The highest BCUT2D eigenvalue weighted by Gasteiger charge is 2.13. The molecule has 0 atom stereocenters. The van der Waals surface area contributed by atoms with Crippen LogP contribution in [0.3, 0.4) is 0 Å². The van der Waals surface area contributed by atoms with E-state index < -0.39 is 11.8 Å². The van der Waals surface area contributed by atoms with Gasteiger partial charge in [-0.3, -0.25) is 20.4 Å². The quantitative estimate of drug-likeness (QED) is 0.380. The first kappa shape index (κ1) is 17.5. The molecule has 1 aromatic carbocycles. The van der Waals surface area contributed by atoms with E-state index >= 15 is 0 Å². The van der Waals surface area contributed by atoms with Gasteiger partial charge in [0.25, 0.3) is 0 Å². The molecule has 0 aliphatic rings. The Morgan fingerprint density at radius 2 is 1.96 bits per heavy atom. The van der Waals surface area contributed by atoms with Crippen molar-refractivity contribution in [3.63, 3.8) is 0 Å². The first-order valence-corrected chi connectivity index (χ1v) is 7.75. The van der Waals surface area contributed by atoms with E-state index in [2.05, 4.69) is 28.4 Å². The van der Waals surface area contributed by atoms with Crippen molar-refractivity contribution in [3.8, 4) is 0 Å². The van der Waals surface area contributed by atoms with Crippen molar-refractivity contribution in [2.75, 3.05) is 5.32 Å². The number of furan rings is 1. The average Bonchev–Trinajstić information content (AvgIpc) is 3.11. The molecule has 8 heteroatoms. The van der Waals surface area contributed by atoms with Crippen LogP contribution in [0.15, 0.2) is 47.1 Å². The predicted molar refractivity (Wildman–Crippen MR) is 93.9 cm³/mol. The number of carbonyl (C=O) groups excluding carboxylic acids is 2. The van der Waals surface area contributed by atoms with Gasteiger partial charge >= 0.3 is 11.8 Å². The Kier molecular flexibility index (Phi) is 6.32. The van der Waals surface area contributed by atoms with Gasteiger partial charge in [0, 0.05) is 5.69 Å². The monoisotopic (exact) mass is 346 g/mol. The van der Waals surface area contributed by atoms with Crippen LogP contribution in [0.2, 0.25) is 0 Å². The predicted octanol–water partition coefficient (Wildman–Crippen LogP) is 1.48. The Hall–Kier alpha value is -2.87. The number of benzene rings is 1. The number of anilines is 1. The molecule has 2 amide bonds. The van der Waals surface area contributed by atoms with Gasteiger partial charge in [0.15, 0.2) is 5.11 Å². The third kappa shape index (κ3) is 5.40. The Bertz CT molecular complexity index is 716. The maximum Gasteiger partial charge on any atom is 0.327 e. The summed E-state index contributed by atoms with van der Waals surface area (Å²) in [6.45, 7) is 2.18. The zero-order valence-corrected chi connectivity index (χ0v) is 13.9. The minimum Gasteiger partial charge on any atom is -0.467 e. The Morgan fingerprint density at radius 3 is 2.67 bits per heavy atom. The SMILES string of the molecule is CCc1cccc(NC(=S)NNC(=O)C(=O)NCc2ccco2)c1. The van der Waals surface area contributed by atoms with Gasteiger partial charge in [-0.2, -0.15) is 0 Å². The summed E-state index contributed by atoms with van der Waals surface area (Å²) in [6.07, 6.45) is 2.39. The lowest BCUT2D eigenvalue weighted by molar-refractivity contribution is -0.139. The summed E-state index contributed by atoms with van der Waals surface area (Å²) >= 11 is 5.07. The molecule has 0 bridgehead atoms. The van der Waals surface area contributed by atoms with E-state index in [1.54, 1.807) is 12.1 Å². The van der Waals surface area contributed by atoms with Crippen LogP contribution in [-0.4, -0.2) is 16.9 Å². The third-order valence-electron chi connectivity index (χ3n) is 3.09. The van der Waals surface area contributed by atoms with E-state index in [0.717, 1.165) is 17.7 Å². The van der Waals surface area contributed by atoms with Gasteiger partial charge in [0.2, 0.25) is 0 Å². The first-order valence-electron chi connectivity index (χ1n) is 7.35. The summed E-state index contributed by atoms with van der Waals surface area (Å²) in [5, 5.41) is 5.53. The van der Waals surface area contributed by atoms with E-state index in [1.807, 2.05) is 24.3 Å². The maximum absolute atomic E-state index is 11.7. The molecule has 1 aromatic heterocycles. The number of aryl methyl sites for hydroxylation is 1. The standard InChI is InChI=1S/C16H18N4O3S/c1-2-11-5-3-6-12(9-11)18-16(24)20-19-15(22)14(21)17-10-13-7-4-8-23-13/h3-9H,2,10H2,1H3,(H,17,21)(H,19,22)(H2,18,20,24). The second kappa shape index (κ2) is 8.68. The zero-order valence-electron chi connectivity index (χ0n) is 13.1.